The molecule has 106 valence electrons. The summed E-state index contributed by atoms with van der Waals surface area (Å²) in [5, 5.41) is 4.33. The summed E-state index contributed by atoms with van der Waals surface area (Å²) < 4.78 is 0. The lowest BCUT2D eigenvalue weighted by molar-refractivity contribution is 0.495. The number of hydrogen-bond donors (Lipinski definition) is 2. The van der Waals surface area contributed by atoms with E-state index in [1.165, 1.54) is 11.1 Å². The molecule has 4 rings (SSSR count). The lowest BCUT2D eigenvalue weighted by atomic mass is 9.92. The van der Waals surface area contributed by atoms with E-state index < -0.39 is 0 Å². The van der Waals surface area contributed by atoms with Gasteiger partial charge in [0.25, 0.3) is 0 Å². The molecule has 1 atom stereocenters. The Hall–Kier alpha value is -1.84. The largest absolute Gasteiger partial charge is 0.342 e. The number of halogens is 1. The maximum absolute atomic E-state index is 6.03. The topological polar surface area (TPSA) is 40.7 Å². The van der Waals surface area contributed by atoms with Gasteiger partial charge in [-0.2, -0.15) is 0 Å². The van der Waals surface area contributed by atoms with Gasteiger partial charge in [-0.1, -0.05) is 35.9 Å². The first-order chi connectivity index (χ1) is 10.3. The average Bonchev–Trinajstić information content (AvgIpc) is 2.89. The first-order valence-electron chi connectivity index (χ1n) is 7.25. The van der Waals surface area contributed by atoms with Crippen LogP contribution in [0.4, 0.5) is 0 Å². The predicted octanol–water partition coefficient (Wildman–Crippen LogP) is 3.65. The summed E-state index contributed by atoms with van der Waals surface area (Å²) in [6, 6.07) is 14.7. The molecule has 1 aliphatic rings. The van der Waals surface area contributed by atoms with Crippen molar-refractivity contribution in [2.45, 2.75) is 18.9 Å². The van der Waals surface area contributed by atoms with E-state index in [1.54, 1.807) is 0 Å². The highest BCUT2D eigenvalue weighted by Gasteiger charge is 2.20. The Morgan fingerprint density at radius 1 is 1.19 bits per heavy atom. The lowest BCUT2D eigenvalue weighted by Crippen LogP contribution is -2.31. The zero-order chi connectivity index (χ0) is 14.2. The Morgan fingerprint density at radius 2 is 2.10 bits per heavy atom. The molecule has 1 aliphatic heterocycles. The van der Waals surface area contributed by atoms with Crippen LogP contribution in [0.5, 0.6) is 0 Å². The van der Waals surface area contributed by atoms with Gasteiger partial charge in [0.1, 0.15) is 5.82 Å². The van der Waals surface area contributed by atoms with Crippen LogP contribution in [0, 0.1) is 0 Å². The van der Waals surface area contributed by atoms with Crippen molar-refractivity contribution >= 4 is 22.6 Å². The van der Waals surface area contributed by atoms with E-state index in [9.17, 15) is 0 Å². The van der Waals surface area contributed by atoms with Gasteiger partial charge < -0.3 is 10.3 Å². The third-order valence-electron chi connectivity index (χ3n) is 4.11. The molecule has 4 heteroatoms. The first kappa shape index (κ1) is 12.9. The summed E-state index contributed by atoms with van der Waals surface area (Å²) in [7, 11) is 0. The maximum atomic E-state index is 6.03. The number of aromatic nitrogens is 2. The molecular formula is C17H16ClN3. The molecule has 0 aliphatic carbocycles. The molecule has 2 aromatic carbocycles. The van der Waals surface area contributed by atoms with Crippen LogP contribution in [0.25, 0.3) is 11.0 Å². The molecule has 21 heavy (non-hydrogen) atoms. The van der Waals surface area contributed by atoms with Crippen LogP contribution in [0.1, 0.15) is 23.0 Å². The SMILES string of the molecule is Clc1ccc2nc(CC3NCCc4ccccc43)[nH]c2c1. The standard InChI is InChI=1S/C17H16ClN3/c18-12-5-6-14-16(9-12)21-17(20-14)10-15-13-4-2-1-3-11(13)7-8-19-15/h1-6,9,15,19H,7-8,10H2,(H,20,21). The van der Waals surface area contributed by atoms with E-state index in [0.29, 0.717) is 6.04 Å². The van der Waals surface area contributed by atoms with E-state index in [2.05, 4.69) is 39.6 Å². The Morgan fingerprint density at radius 3 is 3.05 bits per heavy atom. The van der Waals surface area contributed by atoms with Gasteiger partial charge in [-0.05, 0) is 42.3 Å². The van der Waals surface area contributed by atoms with Crippen molar-refractivity contribution in [2.24, 2.45) is 0 Å². The van der Waals surface area contributed by atoms with Crippen molar-refractivity contribution in [1.29, 1.82) is 0 Å². The minimum Gasteiger partial charge on any atom is -0.342 e. The highest BCUT2D eigenvalue weighted by molar-refractivity contribution is 6.31. The number of rotatable bonds is 2. The molecule has 0 amide bonds. The second-order valence-electron chi connectivity index (χ2n) is 5.50. The maximum Gasteiger partial charge on any atom is 0.109 e. The predicted molar refractivity (Wildman–Crippen MR) is 85.7 cm³/mol. The fraction of sp³-hybridized carbons (Fsp3) is 0.235. The average molecular weight is 298 g/mol. The van der Waals surface area contributed by atoms with Crippen LogP contribution >= 0.6 is 11.6 Å². The van der Waals surface area contributed by atoms with Crippen molar-refractivity contribution < 1.29 is 0 Å². The number of fused-ring (bicyclic) bond motifs is 2. The van der Waals surface area contributed by atoms with Gasteiger partial charge in [-0.3, -0.25) is 0 Å². The molecule has 0 bridgehead atoms. The first-order valence-corrected chi connectivity index (χ1v) is 7.63. The molecule has 0 saturated heterocycles. The van der Waals surface area contributed by atoms with Gasteiger partial charge in [0.15, 0.2) is 0 Å². The Balaban J connectivity index is 1.66. The molecule has 1 aromatic heterocycles. The zero-order valence-corrected chi connectivity index (χ0v) is 12.3. The van der Waals surface area contributed by atoms with E-state index >= 15 is 0 Å². The molecule has 0 spiro atoms. The Bertz CT molecular complexity index is 794. The van der Waals surface area contributed by atoms with Crippen molar-refractivity contribution in [1.82, 2.24) is 15.3 Å². The third-order valence-corrected chi connectivity index (χ3v) is 4.34. The fourth-order valence-electron chi connectivity index (χ4n) is 3.10. The quantitative estimate of drug-likeness (QED) is 0.758. The normalized spacial score (nSPS) is 17.9. The molecule has 3 aromatic rings. The zero-order valence-electron chi connectivity index (χ0n) is 11.6. The molecule has 1 unspecified atom stereocenters. The summed E-state index contributed by atoms with van der Waals surface area (Å²) in [6.07, 6.45) is 1.96. The smallest absolute Gasteiger partial charge is 0.109 e. The van der Waals surface area contributed by atoms with Gasteiger partial charge in [-0.25, -0.2) is 4.98 Å². The van der Waals surface area contributed by atoms with Crippen LogP contribution in [0.15, 0.2) is 42.5 Å². The summed E-state index contributed by atoms with van der Waals surface area (Å²) in [4.78, 5) is 8.05. The lowest BCUT2D eigenvalue weighted by Gasteiger charge is -2.26. The van der Waals surface area contributed by atoms with Crippen molar-refractivity contribution in [3.05, 3.63) is 64.4 Å². The van der Waals surface area contributed by atoms with Crippen LogP contribution in [-0.4, -0.2) is 16.5 Å². The number of aromatic amines is 1. The minimum absolute atomic E-state index is 0.325. The number of nitrogens with zero attached hydrogens (tertiary/aromatic N) is 1. The van der Waals surface area contributed by atoms with Gasteiger partial charge >= 0.3 is 0 Å². The molecule has 3 nitrogen and oxygen atoms in total. The van der Waals surface area contributed by atoms with E-state index in [4.69, 9.17) is 11.6 Å². The van der Waals surface area contributed by atoms with Crippen LogP contribution < -0.4 is 5.32 Å². The van der Waals surface area contributed by atoms with Gasteiger partial charge in [0.2, 0.25) is 0 Å². The van der Waals surface area contributed by atoms with Crippen LogP contribution in [-0.2, 0) is 12.8 Å². The number of nitrogens with one attached hydrogen (secondary N) is 2. The van der Waals surface area contributed by atoms with Gasteiger partial charge in [0, 0.05) is 17.5 Å². The van der Waals surface area contributed by atoms with Crippen LogP contribution in [0.2, 0.25) is 5.02 Å². The molecule has 0 saturated carbocycles. The number of benzene rings is 2. The summed E-state index contributed by atoms with van der Waals surface area (Å²) in [5.74, 6) is 1.00. The number of H-pyrrole nitrogens is 1. The molecule has 2 N–H and O–H groups in total. The molecular weight excluding hydrogens is 282 g/mol. The van der Waals surface area contributed by atoms with E-state index in [-0.39, 0.29) is 0 Å². The highest BCUT2D eigenvalue weighted by atomic mass is 35.5. The van der Waals surface area contributed by atoms with Crippen molar-refractivity contribution in [2.75, 3.05) is 6.54 Å². The van der Waals surface area contributed by atoms with Crippen LogP contribution in [0.3, 0.4) is 0 Å². The van der Waals surface area contributed by atoms with E-state index in [1.807, 2.05) is 18.2 Å². The second-order valence-corrected chi connectivity index (χ2v) is 5.94. The van der Waals surface area contributed by atoms with Crippen molar-refractivity contribution in [3.8, 4) is 0 Å². The Kier molecular flexibility index (Phi) is 3.17. The summed E-state index contributed by atoms with van der Waals surface area (Å²) in [6.45, 7) is 1.02. The third kappa shape index (κ3) is 2.43. The second kappa shape index (κ2) is 5.17. The summed E-state index contributed by atoms with van der Waals surface area (Å²) >= 11 is 6.03. The molecule has 0 radical (unpaired) electrons. The molecule has 2 heterocycles. The summed E-state index contributed by atoms with van der Waals surface area (Å²) in [5.41, 5.74) is 4.81. The number of hydrogen-bond acceptors (Lipinski definition) is 2. The van der Waals surface area contributed by atoms with Gasteiger partial charge in [0.05, 0.1) is 11.0 Å². The van der Waals surface area contributed by atoms with Gasteiger partial charge in [-0.15, -0.1) is 0 Å². The van der Waals surface area contributed by atoms with Crippen molar-refractivity contribution in [3.63, 3.8) is 0 Å². The molecule has 0 fully saturated rings. The highest BCUT2D eigenvalue weighted by Crippen LogP contribution is 2.26. The number of imidazole rings is 1. The fourth-order valence-corrected chi connectivity index (χ4v) is 3.27. The van der Waals surface area contributed by atoms with E-state index in [0.717, 1.165) is 41.3 Å². The Labute approximate surface area is 128 Å². The minimum atomic E-state index is 0.325. The monoisotopic (exact) mass is 297 g/mol.